The number of nitrogens with zero attached hydrogens (tertiary/aromatic N) is 4. The van der Waals surface area contributed by atoms with Gasteiger partial charge in [0.05, 0.1) is 0 Å². The molecular weight excluding hydrogens is 224 g/mol. The molecule has 18 heavy (non-hydrogen) atoms. The number of benzene rings is 1. The van der Waals surface area contributed by atoms with E-state index in [1.165, 1.54) is 0 Å². The summed E-state index contributed by atoms with van der Waals surface area (Å²) in [6.07, 6.45) is 7.51. The summed E-state index contributed by atoms with van der Waals surface area (Å²) >= 11 is 0. The van der Waals surface area contributed by atoms with Gasteiger partial charge < -0.3 is 9.13 Å². The molecular formula is C14H14N4. The lowest BCUT2D eigenvalue weighted by Gasteiger charge is -2.05. The van der Waals surface area contributed by atoms with Crippen LogP contribution < -0.4 is 0 Å². The minimum Gasteiger partial charge on any atom is -0.334 e. The van der Waals surface area contributed by atoms with Gasteiger partial charge in [-0.2, -0.15) is 0 Å². The molecule has 0 saturated heterocycles. The maximum atomic E-state index is 4.37. The first kappa shape index (κ1) is 10.8. The Kier molecular flexibility index (Phi) is 2.48. The molecule has 3 rings (SSSR count). The molecule has 0 bridgehead atoms. The van der Waals surface area contributed by atoms with Crippen molar-refractivity contribution in [2.24, 2.45) is 14.1 Å². The molecule has 0 aliphatic carbocycles. The molecule has 4 nitrogen and oxygen atoms in total. The lowest BCUT2D eigenvalue weighted by Crippen LogP contribution is -1.94. The van der Waals surface area contributed by atoms with E-state index in [9.17, 15) is 0 Å². The Morgan fingerprint density at radius 3 is 1.72 bits per heavy atom. The van der Waals surface area contributed by atoms with E-state index in [0.29, 0.717) is 0 Å². The third kappa shape index (κ3) is 1.72. The summed E-state index contributed by atoms with van der Waals surface area (Å²) in [5, 5.41) is 0. The van der Waals surface area contributed by atoms with Gasteiger partial charge in [0.25, 0.3) is 0 Å². The van der Waals surface area contributed by atoms with Crippen molar-refractivity contribution in [1.82, 2.24) is 19.1 Å². The molecule has 2 heterocycles. The minimum absolute atomic E-state index is 0.964. The largest absolute Gasteiger partial charge is 0.334 e. The van der Waals surface area contributed by atoms with Crippen LogP contribution in [0, 0.1) is 0 Å². The van der Waals surface area contributed by atoms with E-state index in [2.05, 4.69) is 28.2 Å². The predicted octanol–water partition coefficient (Wildman–Crippen LogP) is 2.49. The molecule has 1 aromatic carbocycles. The maximum absolute atomic E-state index is 4.37. The van der Waals surface area contributed by atoms with Crippen molar-refractivity contribution >= 4 is 0 Å². The van der Waals surface area contributed by atoms with E-state index in [0.717, 1.165) is 22.8 Å². The molecule has 0 spiro atoms. The number of hydrogen-bond donors (Lipinski definition) is 0. The first-order valence-corrected chi connectivity index (χ1v) is 5.81. The average molecular weight is 238 g/mol. The topological polar surface area (TPSA) is 35.6 Å². The Labute approximate surface area is 106 Å². The summed E-state index contributed by atoms with van der Waals surface area (Å²) in [5.41, 5.74) is 2.20. The lowest BCUT2D eigenvalue weighted by molar-refractivity contribution is 0.920. The van der Waals surface area contributed by atoms with Gasteiger partial charge in [0.1, 0.15) is 11.6 Å². The van der Waals surface area contributed by atoms with Crippen LogP contribution >= 0.6 is 0 Å². The van der Waals surface area contributed by atoms with E-state index in [-0.39, 0.29) is 0 Å². The first-order chi connectivity index (χ1) is 8.75. The zero-order valence-electron chi connectivity index (χ0n) is 10.4. The van der Waals surface area contributed by atoms with Crippen LogP contribution in [0.4, 0.5) is 0 Å². The third-order valence-electron chi connectivity index (χ3n) is 3.02. The second-order valence-corrected chi connectivity index (χ2v) is 4.30. The Balaban J connectivity index is 2.11. The summed E-state index contributed by atoms with van der Waals surface area (Å²) < 4.78 is 4.02. The van der Waals surface area contributed by atoms with E-state index >= 15 is 0 Å². The van der Waals surface area contributed by atoms with Crippen LogP contribution in [0.1, 0.15) is 0 Å². The highest BCUT2D eigenvalue weighted by molar-refractivity contribution is 5.66. The highest BCUT2D eigenvalue weighted by Crippen LogP contribution is 2.23. The van der Waals surface area contributed by atoms with E-state index < -0.39 is 0 Å². The second-order valence-electron chi connectivity index (χ2n) is 4.30. The van der Waals surface area contributed by atoms with E-state index in [1.807, 2.05) is 54.1 Å². The zero-order chi connectivity index (χ0) is 12.5. The minimum atomic E-state index is 0.964. The van der Waals surface area contributed by atoms with Crippen LogP contribution in [0.15, 0.2) is 49.1 Å². The van der Waals surface area contributed by atoms with E-state index in [4.69, 9.17) is 0 Å². The second kappa shape index (κ2) is 4.14. The van der Waals surface area contributed by atoms with Gasteiger partial charge in [0.15, 0.2) is 0 Å². The lowest BCUT2D eigenvalue weighted by atomic mass is 10.1. The number of rotatable bonds is 2. The number of aryl methyl sites for hydroxylation is 2. The van der Waals surface area contributed by atoms with Crippen molar-refractivity contribution in [3.8, 4) is 22.8 Å². The first-order valence-electron chi connectivity index (χ1n) is 5.81. The van der Waals surface area contributed by atoms with Crippen LogP contribution in [0.2, 0.25) is 0 Å². The van der Waals surface area contributed by atoms with Crippen molar-refractivity contribution in [2.75, 3.05) is 0 Å². The summed E-state index contributed by atoms with van der Waals surface area (Å²) in [5.74, 6) is 1.93. The fourth-order valence-corrected chi connectivity index (χ4v) is 2.08. The third-order valence-corrected chi connectivity index (χ3v) is 3.02. The van der Waals surface area contributed by atoms with Gasteiger partial charge in [-0.25, -0.2) is 9.97 Å². The van der Waals surface area contributed by atoms with Crippen LogP contribution in [0.25, 0.3) is 22.8 Å². The summed E-state index contributed by atoms with van der Waals surface area (Å²) in [7, 11) is 3.99. The monoisotopic (exact) mass is 238 g/mol. The molecule has 0 amide bonds. The number of hydrogen-bond acceptors (Lipinski definition) is 2. The molecule has 0 aliphatic heterocycles. The SMILES string of the molecule is Cn1ccnc1-c1cccc(-c2nccn2C)c1. The molecule has 0 aliphatic rings. The van der Waals surface area contributed by atoms with Crippen LogP contribution in [-0.4, -0.2) is 19.1 Å². The smallest absolute Gasteiger partial charge is 0.139 e. The van der Waals surface area contributed by atoms with Gasteiger partial charge in [0.2, 0.25) is 0 Å². The number of imidazole rings is 2. The molecule has 3 aromatic rings. The predicted molar refractivity (Wildman–Crippen MR) is 70.8 cm³/mol. The molecule has 0 fully saturated rings. The number of aromatic nitrogens is 4. The van der Waals surface area contributed by atoms with Crippen molar-refractivity contribution in [1.29, 1.82) is 0 Å². The summed E-state index contributed by atoms with van der Waals surface area (Å²) in [6.45, 7) is 0. The van der Waals surface area contributed by atoms with Crippen molar-refractivity contribution in [3.05, 3.63) is 49.1 Å². The fraction of sp³-hybridized carbons (Fsp3) is 0.143. The van der Waals surface area contributed by atoms with Crippen LogP contribution in [0.5, 0.6) is 0 Å². The van der Waals surface area contributed by atoms with Gasteiger partial charge >= 0.3 is 0 Å². The fourth-order valence-electron chi connectivity index (χ4n) is 2.08. The molecule has 4 heteroatoms. The van der Waals surface area contributed by atoms with Crippen LogP contribution in [0.3, 0.4) is 0 Å². The van der Waals surface area contributed by atoms with Crippen molar-refractivity contribution in [2.45, 2.75) is 0 Å². The molecule has 0 unspecified atom stereocenters. The molecule has 2 aromatic heterocycles. The summed E-state index contributed by atoms with van der Waals surface area (Å²) in [6, 6.07) is 8.28. The molecule has 0 radical (unpaired) electrons. The van der Waals surface area contributed by atoms with E-state index in [1.54, 1.807) is 0 Å². The van der Waals surface area contributed by atoms with Crippen molar-refractivity contribution in [3.63, 3.8) is 0 Å². The summed E-state index contributed by atoms with van der Waals surface area (Å²) in [4.78, 5) is 8.73. The molecule has 90 valence electrons. The molecule has 0 N–H and O–H groups in total. The Hall–Kier alpha value is -2.36. The quantitative estimate of drug-likeness (QED) is 0.687. The zero-order valence-corrected chi connectivity index (χ0v) is 10.4. The van der Waals surface area contributed by atoms with Gasteiger partial charge in [0, 0.05) is 50.0 Å². The Morgan fingerprint density at radius 1 is 0.833 bits per heavy atom. The Bertz CT molecular complexity index is 623. The van der Waals surface area contributed by atoms with Gasteiger partial charge in [-0.1, -0.05) is 18.2 Å². The standard InChI is InChI=1S/C14H14N4/c1-17-8-6-15-13(17)11-4-3-5-12(10-11)14-16-7-9-18(14)2/h3-10H,1-2H3. The van der Waals surface area contributed by atoms with Crippen molar-refractivity contribution < 1.29 is 0 Å². The highest BCUT2D eigenvalue weighted by Gasteiger charge is 2.07. The van der Waals surface area contributed by atoms with Gasteiger partial charge in [-0.3, -0.25) is 0 Å². The van der Waals surface area contributed by atoms with Gasteiger partial charge in [-0.05, 0) is 6.07 Å². The maximum Gasteiger partial charge on any atom is 0.139 e. The highest BCUT2D eigenvalue weighted by atomic mass is 15.0. The molecule has 0 saturated carbocycles. The average Bonchev–Trinajstić information content (AvgIpc) is 2.98. The van der Waals surface area contributed by atoms with Gasteiger partial charge in [-0.15, -0.1) is 0 Å². The molecule has 0 atom stereocenters. The normalized spacial score (nSPS) is 10.8. The van der Waals surface area contributed by atoms with Crippen LogP contribution in [-0.2, 0) is 14.1 Å². The Morgan fingerprint density at radius 2 is 1.33 bits per heavy atom.